The van der Waals surface area contributed by atoms with Crippen molar-refractivity contribution in [1.29, 1.82) is 0 Å². The van der Waals surface area contributed by atoms with E-state index in [0.29, 0.717) is 11.1 Å². The van der Waals surface area contributed by atoms with Gasteiger partial charge < -0.3 is 19.8 Å². The highest BCUT2D eigenvalue weighted by molar-refractivity contribution is 5.97. The van der Waals surface area contributed by atoms with Gasteiger partial charge in [0, 0.05) is 18.0 Å². The van der Waals surface area contributed by atoms with Crippen LogP contribution >= 0.6 is 0 Å². The number of rotatable bonds is 11. The number of carboxylic acid groups (broad SMARTS) is 1. The van der Waals surface area contributed by atoms with Crippen molar-refractivity contribution >= 4 is 11.9 Å². The van der Waals surface area contributed by atoms with Gasteiger partial charge in [0.1, 0.15) is 25.0 Å². The molecule has 2 rings (SSSR count). The maximum Gasteiger partial charge on any atom is 0.323 e. The Hall–Kier alpha value is -3.12. The van der Waals surface area contributed by atoms with Gasteiger partial charge in [0.2, 0.25) is 0 Å². The number of aliphatic hydroxyl groups excluding tert-OH is 1. The number of ether oxygens (including phenoxy) is 1. The van der Waals surface area contributed by atoms with E-state index in [9.17, 15) is 14.7 Å². The standard InChI is InChI=1S/C28H37NO5/c1-8-28(9-2,22-11-13-25(20(6)15-22)34-17-24(30)18(3)4)21-10-12-23(19(5)14-21)27(33)29(7)16-26(31)32/h10-15,24,30H,3,8-9,16-17H2,1-2,4-7H3,(H,31,32)/t24-/m1/s1. The molecule has 6 nitrogen and oxygen atoms in total. The van der Waals surface area contributed by atoms with Crippen molar-refractivity contribution in [1.82, 2.24) is 4.90 Å². The lowest BCUT2D eigenvalue weighted by atomic mass is 9.70. The number of benzene rings is 2. The van der Waals surface area contributed by atoms with Crippen LogP contribution in [0.3, 0.4) is 0 Å². The van der Waals surface area contributed by atoms with Gasteiger partial charge in [-0.2, -0.15) is 0 Å². The Morgan fingerprint density at radius 2 is 1.62 bits per heavy atom. The third kappa shape index (κ3) is 5.86. The number of aliphatic carboxylic acids is 1. The molecule has 0 aromatic heterocycles. The van der Waals surface area contributed by atoms with Crippen LogP contribution in [0.15, 0.2) is 48.6 Å². The molecular formula is C28H37NO5. The Kier molecular flexibility index (Phi) is 9.05. The molecule has 0 aliphatic heterocycles. The van der Waals surface area contributed by atoms with E-state index in [4.69, 9.17) is 9.84 Å². The summed E-state index contributed by atoms with van der Waals surface area (Å²) in [5.41, 5.74) is 4.98. The van der Waals surface area contributed by atoms with Gasteiger partial charge in [0.05, 0.1) is 0 Å². The van der Waals surface area contributed by atoms with Crippen molar-refractivity contribution in [2.75, 3.05) is 20.2 Å². The fourth-order valence-corrected chi connectivity index (χ4v) is 4.33. The molecule has 0 radical (unpaired) electrons. The van der Waals surface area contributed by atoms with Crippen molar-refractivity contribution in [3.63, 3.8) is 0 Å². The average Bonchev–Trinajstić information content (AvgIpc) is 2.78. The maximum atomic E-state index is 12.7. The largest absolute Gasteiger partial charge is 0.490 e. The molecule has 2 aromatic rings. The molecule has 0 fully saturated rings. The summed E-state index contributed by atoms with van der Waals surface area (Å²) in [5, 5.41) is 19.0. The van der Waals surface area contributed by atoms with E-state index in [-0.39, 0.29) is 24.5 Å². The summed E-state index contributed by atoms with van der Waals surface area (Å²) in [6, 6.07) is 12.0. The predicted molar refractivity (Wildman–Crippen MR) is 135 cm³/mol. The summed E-state index contributed by atoms with van der Waals surface area (Å²) in [7, 11) is 1.49. The van der Waals surface area contributed by atoms with E-state index >= 15 is 0 Å². The van der Waals surface area contributed by atoms with Crippen LogP contribution in [-0.2, 0) is 10.2 Å². The van der Waals surface area contributed by atoms with Crippen LogP contribution < -0.4 is 4.74 Å². The minimum absolute atomic E-state index is 0.160. The van der Waals surface area contributed by atoms with Crippen LogP contribution in [0, 0.1) is 13.8 Å². The molecule has 34 heavy (non-hydrogen) atoms. The van der Waals surface area contributed by atoms with Crippen molar-refractivity contribution in [3.05, 3.63) is 76.4 Å². The molecule has 1 atom stereocenters. The van der Waals surface area contributed by atoms with Crippen LogP contribution in [0.25, 0.3) is 0 Å². The molecule has 184 valence electrons. The zero-order chi connectivity index (χ0) is 25.6. The molecule has 1 amide bonds. The molecule has 0 unspecified atom stereocenters. The lowest BCUT2D eigenvalue weighted by molar-refractivity contribution is -0.137. The topological polar surface area (TPSA) is 87.1 Å². The van der Waals surface area contributed by atoms with Gasteiger partial charge >= 0.3 is 5.97 Å². The molecule has 0 saturated heterocycles. The molecule has 0 aliphatic carbocycles. The monoisotopic (exact) mass is 467 g/mol. The number of likely N-dealkylation sites (N-methyl/N-ethyl adjacent to an activating group) is 1. The fourth-order valence-electron chi connectivity index (χ4n) is 4.33. The van der Waals surface area contributed by atoms with Gasteiger partial charge in [-0.3, -0.25) is 9.59 Å². The fraction of sp³-hybridized carbons (Fsp3) is 0.429. The predicted octanol–water partition coefficient (Wildman–Crippen LogP) is 4.88. The van der Waals surface area contributed by atoms with Gasteiger partial charge in [0.25, 0.3) is 5.91 Å². The summed E-state index contributed by atoms with van der Waals surface area (Å²) < 4.78 is 5.82. The number of amides is 1. The Labute approximate surface area is 202 Å². The van der Waals surface area contributed by atoms with Crippen LogP contribution in [-0.4, -0.2) is 53.3 Å². The highest BCUT2D eigenvalue weighted by Gasteiger charge is 2.32. The average molecular weight is 468 g/mol. The van der Waals surface area contributed by atoms with Crippen molar-refractivity contribution in [3.8, 4) is 5.75 Å². The molecule has 2 N–H and O–H groups in total. The zero-order valence-corrected chi connectivity index (χ0v) is 21.1. The molecular weight excluding hydrogens is 430 g/mol. The van der Waals surface area contributed by atoms with Crippen LogP contribution in [0.5, 0.6) is 5.75 Å². The Bertz CT molecular complexity index is 1050. The number of hydrogen-bond donors (Lipinski definition) is 2. The summed E-state index contributed by atoms with van der Waals surface area (Å²) in [5.74, 6) is -0.624. The van der Waals surface area contributed by atoms with E-state index in [1.54, 1.807) is 13.0 Å². The number of carbonyl (C=O) groups excluding carboxylic acids is 1. The van der Waals surface area contributed by atoms with Crippen molar-refractivity contribution in [2.24, 2.45) is 0 Å². The Morgan fingerprint density at radius 1 is 1.06 bits per heavy atom. The van der Waals surface area contributed by atoms with Crippen molar-refractivity contribution < 1.29 is 24.5 Å². The number of aryl methyl sites for hydroxylation is 2. The number of carboxylic acids is 1. The second-order valence-corrected chi connectivity index (χ2v) is 9.03. The SMILES string of the molecule is C=C(C)[C@H](O)COc1ccc(C(CC)(CC)c2ccc(C(=O)N(C)CC(=O)O)c(C)c2)cc1C. The summed E-state index contributed by atoms with van der Waals surface area (Å²) in [4.78, 5) is 24.9. The smallest absolute Gasteiger partial charge is 0.323 e. The first-order valence-corrected chi connectivity index (χ1v) is 11.6. The third-order valence-corrected chi connectivity index (χ3v) is 6.63. The molecule has 0 heterocycles. The Balaban J connectivity index is 2.40. The van der Waals surface area contributed by atoms with Gasteiger partial charge in [-0.1, -0.05) is 44.7 Å². The van der Waals surface area contributed by atoms with E-state index in [1.807, 2.05) is 32.0 Å². The number of aliphatic hydroxyl groups is 1. The summed E-state index contributed by atoms with van der Waals surface area (Å²) in [6.07, 6.45) is 1.02. The molecule has 0 spiro atoms. The Morgan fingerprint density at radius 3 is 2.09 bits per heavy atom. The molecule has 6 heteroatoms. The van der Waals surface area contributed by atoms with Crippen LogP contribution in [0.4, 0.5) is 0 Å². The minimum atomic E-state index is -1.04. The lowest BCUT2D eigenvalue weighted by Gasteiger charge is -2.34. The first-order valence-electron chi connectivity index (χ1n) is 11.6. The molecule has 0 aliphatic rings. The number of carbonyl (C=O) groups is 2. The first-order chi connectivity index (χ1) is 16.0. The summed E-state index contributed by atoms with van der Waals surface area (Å²) >= 11 is 0. The van der Waals surface area contributed by atoms with Gasteiger partial charge in [-0.15, -0.1) is 0 Å². The number of hydrogen-bond acceptors (Lipinski definition) is 4. The highest BCUT2D eigenvalue weighted by Crippen LogP contribution is 2.41. The second-order valence-electron chi connectivity index (χ2n) is 9.03. The van der Waals surface area contributed by atoms with Crippen LogP contribution in [0.2, 0.25) is 0 Å². The molecule has 2 aromatic carbocycles. The highest BCUT2D eigenvalue weighted by atomic mass is 16.5. The second kappa shape index (κ2) is 11.3. The number of nitrogens with zero attached hydrogens (tertiary/aromatic N) is 1. The normalized spacial score (nSPS) is 12.2. The van der Waals surface area contributed by atoms with Crippen LogP contribution in [0.1, 0.15) is 66.2 Å². The van der Waals surface area contributed by atoms with E-state index < -0.39 is 12.1 Å². The van der Waals surface area contributed by atoms with E-state index in [0.717, 1.165) is 40.8 Å². The summed E-state index contributed by atoms with van der Waals surface area (Å²) in [6.45, 7) is 13.5. The lowest BCUT2D eigenvalue weighted by Crippen LogP contribution is -2.32. The van der Waals surface area contributed by atoms with Gasteiger partial charge in [-0.25, -0.2) is 0 Å². The van der Waals surface area contributed by atoms with E-state index in [1.165, 1.54) is 11.9 Å². The maximum absolute atomic E-state index is 12.7. The zero-order valence-electron chi connectivity index (χ0n) is 21.1. The van der Waals surface area contributed by atoms with Gasteiger partial charge in [-0.05, 0) is 73.6 Å². The first kappa shape index (κ1) is 27.1. The quantitative estimate of drug-likeness (QED) is 0.460. The molecule has 0 bridgehead atoms. The van der Waals surface area contributed by atoms with E-state index in [2.05, 4.69) is 32.6 Å². The third-order valence-electron chi connectivity index (χ3n) is 6.63. The minimum Gasteiger partial charge on any atom is -0.490 e. The van der Waals surface area contributed by atoms with Crippen molar-refractivity contribution in [2.45, 2.75) is 59.0 Å². The molecule has 0 saturated carbocycles. The van der Waals surface area contributed by atoms with Gasteiger partial charge in [0.15, 0.2) is 0 Å².